The van der Waals surface area contributed by atoms with E-state index in [9.17, 15) is 0 Å². The van der Waals surface area contributed by atoms with Crippen LogP contribution in [-0.2, 0) is 0 Å². The Morgan fingerprint density at radius 3 is 3.24 bits per heavy atom. The molecule has 94 valence electrons. The summed E-state index contributed by atoms with van der Waals surface area (Å²) in [7, 11) is 0. The van der Waals surface area contributed by atoms with E-state index in [0.717, 1.165) is 6.04 Å². The highest BCUT2D eigenvalue weighted by atomic mass is 32.1. The first-order valence-electron chi connectivity index (χ1n) is 6.71. The summed E-state index contributed by atoms with van der Waals surface area (Å²) in [5, 5.41) is 3.78. The first-order chi connectivity index (χ1) is 8.33. The lowest BCUT2D eigenvalue weighted by molar-refractivity contribution is 0.162. The molecule has 1 N–H and O–H groups in total. The summed E-state index contributed by atoms with van der Waals surface area (Å²) in [6.07, 6.45) is 7.45. The van der Waals surface area contributed by atoms with E-state index in [-0.39, 0.29) is 0 Å². The van der Waals surface area contributed by atoms with Gasteiger partial charge >= 0.3 is 0 Å². The van der Waals surface area contributed by atoms with Crippen molar-refractivity contribution in [2.45, 2.75) is 50.7 Å². The van der Waals surface area contributed by atoms with Crippen LogP contribution in [0.15, 0.2) is 11.7 Å². The molecule has 4 heteroatoms. The van der Waals surface area contributed by atoms with Crippen molar-refractivity contribution in [3.8, 4) is 0 Å². The highest BCUT2D eigenvalue weighted by Gasteiger charge is 2.32. The molecule has 3 nitrogen and oxygen atoms in total. The predicted molar refractivity (Wildman–Crippen MR) is 71.3 cm³/mol. The largest absolute Gasteiger partial charge is 0.307 e. The summed E-state index contributed by atoms with van der Waals surface area (Å²) >= 11 is 1.76. The van der Waals surface area contributed by atoms with E-state index >= 15 is 0 Å². The monoisotopic (exact) mass is 251 g/mol. The van der Waals surface area contributed by atoms with Gasteiger partial charge in [0.1, 0.15) is 0 Å². The summed E-state index contributed by atoms with van der Waals surface area (Å²) in [4.78, 5) is 8.20. The lowest BCUT2D eigenvalue weighted by atomic mass is 9.97. The molecule has 0 spiro atoms. The van der Waals surface area contributed by atoms with Gasteiger partial charge in [0.25, 0.3) is 0 Å². The molecule has 2 fully saturated rings. The van der Waals surface area contributed by atoms with Gasteiger partial charge in [-0.05, 0) is 45.7 Å². The number of hydrogen-bond donors (Lipinski definition) is 1. The van der Waals surface area contributed by atoms with Crippen LogP contribution in [0.3, 0.4) is 0 Å². The number of piperidine rings is 1. The van der Waals surface area contributed by atoms with E-state index in [4.69, 9.17) is 0 Å². The Labute approximate surface area is 107 Å². The van der Waals surface area contributed by atoms with Crippen molar-refractivity contribution in [3.05, 3.63) is 16.6 Å². The maximum Gasteiger partial charge on any atom is 0.0794 e. The number of fused-ring (bicyclic) bond motifs is 1. The Balaban J connectivity index is 1.55. The molecule has 1 aromatic rings. The minimum Gasteiger partial charge on any atom is -0.307 e. The minimum absolute atomic E-state index is 0.459. The standard InChI is InChI=1S/C13H21N3S/c1-10(13-8-14-9-17-13)15-11-4-6-16-5-2-3-12(16)7-11/h8-12,15H,2-7H2,1H3. The quantitative estimate of drug-likeness (QED) is 0.894. The van der Waals surface area contributed by atoms with E-state index in [0.29, 0.717) is 12.1 Å². The molecule has 2 saturated heterocycles. The average Bonchev–Trinajstić information content (AvgIpc) is 2.99. The summed E-state index contributed by atoms with van der Waals surface area (Å²) in [6, 6.07) is 2.02. The zero-order valence-corrected chi connectivity index (χ0v) is 11.2. The molecule has 3 heterocycles. The fourth-order valence-electron chi connectivity index (χ4n) is 3.25. The van der Waals surface area contributed by atoms with E-state index in [1.807, 2.05) is 11.7 Å². The first kappa shape index (κ1) is 11.6. The molecule has 3 rings (SSSR count). The second-order valence-electron chi connectivity index (χ2n) is 5.35. The number of aromatic nitrogens is 1. The van der Waals surface area contributed by atoms with E-state index in [2.05, 4.69) is 22.1 Å². The lowest BCUT2D eigenvalue weighted by Crippen LogP contribution is -2.46. The second-order valence-corrected chi connectivity index (χ2v) is 6.26. The molecular formula is C13H21N3S. The summed E-state index contributed by atoms with van der Waals surface area (Å²) in [5.41, 5.74) is 1.92. The van der Waals surface area contributed by atoms with Gasteiger partial charge in [-0.25, -0.2) is 0 Å². The molecule has 0 amide bonds. The molecule has 0 bridgehead atoms. The van der Waals surface area contributed by atoms with Gasteiger partial charge in [0.05, 0.1) is 5.51 Å². The third-order valence-corrected chi connectivity index (χ3v) is 5.14. The van der Waals surface area contributed by atoms with Crippen LogP contribution in [0.1, 0.15) is 43.5 Å². The number of nitrogens with one attached hydrogen (secondary N) is 1. The Hall–Kier alpha value is -0.450. The fraction of sp³-hybridized carbons (Fsp3) is 0.769. The Morgan fingerprint density at radius 1 is 1.47 bits per heavy atom. The van der Waals surface area contributed by atoms with Crippen LogP contribution in [0.5, 0.6) is 0 Å². The average molecular weight is 251 g/mol. The van der Waals surface area contributed by atoms with Crippen molar-refractivity contribution in [2.24, 2.45) is 0 Å². The molecule has 3 atom stereocenters. The second kappa shape index (κ2) is 5.04. The summed E-state index contributed by atoms with van der Waals surface area (Å²) in [6.45, 7) is 4.88. The normalized spacial score (nSPS) is 31.4. The molecule has 17 heavy (non-hydrogen) atoms. The predicted octanol–water partition coefficient (Wildman–Crippen LogP) is 2.42. The Bertz CT molecular complexity index is 352. The van der Waals surface area contributed by atoms with Gasteiger partial charge in [0.15, 0.2) is 0 Å². The SMILES string of the molecule is CC(NC1CCN2CCCC2C1)c1cncs1. The third-order valence-electron chi connectivity index (χ3n) is 4.18. The molecule has 3 unspecified atom stereocenters. The number of thiazole rings is 1. The first-order valence-corrected chi connectivity index (χ1v) is 7.59. The van der Waals surface area contributed by atoms with Crippen LogP contribution in [0, 0.1) is 0 Å². The van der Waals surface area contributed by atoms with Crippen molar-refractivity contribution in [3.63, 3.8) is 0 Å². The molecular weight excluding hydrogens is 230 g/mol. The van der Waals surface area contributed by atoms with Gasteiger partial charge in [0, 0.05) is 29.2 Å². The third kappa shape index (κ3) is 2.54. The highest BCUT2D eigenvalue weighted by Crippen LogP contribution is 2.28. The van der Waals surface area contributed by atoms with E-state index < -0.39 is 0 Å². The van der Waals surface area contributed by atoms with Gasteiger partial charge in [-0.3, -0.25) is 4.98 Å². The molecule has 1 aromatic heterocycles. The molecule has 0 aromatic carbocycles. The van der Waals surface area contributed by atoms with Gasteiger partial charge in [0.2, 0.25) is 0 Å². The van der Waals surface area contributed by atoms with Crippen molar-refractivity contribution in [2.75, 3.05) is 13.1 Å². The van der Waals surface area contributed by atoms with Crippen LogP contribution >= 0.6 is 11.3 Å². The topological polar surface area (TPSA) is 28.2 Å². The van der Waals surface area contributed by atoms with Crippen molar-refractivity contribution >= 4 is 11.3 Å². The highest BCUT2D eigenvalue weighted by molar-refractivity contribution is 7.09. The molecule has 2 aliphatic rings. The zero-order valence-electron chi connectivity index (χ0n) is 10.4. The van der Waals surface area contributed by atoms with Crippen molar-refractivity contribution in [1.82, 2.24) is 15.2 Å². The smallest absolute Gasteiger partial charge is 0.0794 e. The van der Waals surface area contributed by atoms with Crippen LogP contribution in [-0.4, -0.2) is 35.1 Å². The number of nitrogens with zero attached hydrogens (tertiary/aromatic N) is 2. The fourth-order valence-corrected chi connectivity index (χ4v) is 3.89. The van der Waals surface area contributed by atoms with Crippen LogP contribution in [0.2, 0.25) is 0 Å². The zero-order chi connectivity index (χ0) is 11.7. The molecule has 0 radical (unpaired) electrons. The van der Waals surface area contributed by atoms with Gasteiger partial charge in [-0.1, -0.05) is 0 Å². The van der Waals surface area contributed by atoms with Gasteiger partial charge in [-0.15, -0.1) is 11.3 Å². The van der Waals surface area contributed by atoms with Crippen LogP contribution in [0.4, 0.5) is 0 Å². The molecule has 0 saturated carbocycles. The minimum atomic E-state index is 0.459. The molecule has 2 aliphatic heterocycles. The Kier molecular flexibility index (Phi) is 3.45. The lowest BCUT2D eigenvalue weighted by Gasteiger charge is -2.36. The summed E-state index contributed by atoms with van der Waals surface area (Å²) in [5.74, 6) is 0. The van der Waals surface area contributed by atoms with Gasteiger partial charge < -0.3 is 10.2 Å². The Morgan fingerprint density at radius 2 is 2.41 bits per heavy atom. The van der Waals surface area contributed by atoms with Gasteiger partial charge in [-0.2, -0.15) is 0 Å². The number of hydrogen-bond acceptors (Lipinski definition) is 4. The van der Waals surface area contributed by atoms with Crippen LogP contribution in [0.25, 0.3) is 0 Å². The maximum atomic E-state index is 4.16. The van der Waals surface area contributed by atoms with Crippen molar-refractivity contribution in [1.29, 1.82) is 0 Å². The summed E-state index contributed by atoms with van der Waals surface area (Å²) < 4.78 is 0. The molecule has 0 aliphatic carbocycles. The van der Waals surface area contributed by atoms with E-state index in [1.165, 1.54) is 43.6 Å². The van der Waals surface area contributed by atoms with Crippen molar-refractivity contribution < 1.29 is 0 Å². The maximum absolute atomic E-state index is 4.16. The number of rotatable bonds is 3. The van der Waals surface area contributed by atoms with Crippen LogP contribution < -0.4 is 5.32 Å². The van der Waals surface area contributed by atoms with E-state index in [1.54, 1.807) is 11.3 Å².